The Hall–Kier alpha value is -2.67. The Morgan fingerprint density at radius 1 is 1.33 bits per heavy atom. The fraction of sp³-hybridized carbons (Fsp3) is 0.353. The van der Waals surface area contributed by atoms with Gasteiger partial charge in [0, 0.05) is 18.2 Å². The number of hydrogen-bond donors (Lipinski definition) is 1. The largest absolute Gasteiger partial charge is 0.469 e. The van der Waals surface area contributed by atoms with E-state index in [1.165, 1.54) is 13.2 Å². The molecule has 1 fully saturated rings. The predicted molar refractivity (Wildman–Crippen MR) is 86.9 cm³/mol. The van der Waals surface area contributed by atoms with E-state index in [4.69, 9.17) is 10.5 Å². The third kappa shape index (κ3) is 4.66. The number of methoxy groups -OCH3 is 1. The van der Waals surface area contributed by atoms with Crippen LogP contribution in [0.3, 0.4) is 0 Å². The molecule has 0 aliphatic carbocycles. The normalized spacial score (nSPS) is 17.7. The second kappa shape index (κ2) is 8.26. The molecule has 0 bridgehead atoms. The highest BCUT2D eigenvalue weighted by molar-refractivity contribution is 5.94. The van der Waals surface area contributed by atoms with Crippen LogP contribution in [0.15, 0.2) is 30.3 Å². The van der Waals surface area contributed by atoms with E-state index in [-0.39, 0.29) is 24.3 Å². The molecule has 1 saturated heterocycles. The Labute approximate surface area is 140 Å². The zero-order valence-electron chi connectivity index (χ0n) is 13.4. The first-order valence-electron chi connectivity index (χ1n) is 7.54. The number of carbonyl (C=O) groups excluding carboxylic acids is 3. The van der Waals surface area contributed by atoms with Gasteiger partial charge >= 0.3 is 5.97 Å². The van der Waals surface area contributed by atoms with Gasteiger partial charge in [0.25, 0.3) is 0 Å². The number of benzene rings is 1. The molecular weight excluding hydrogens is 312 g/mol. The van der Waals surface area contributed by atoms with Crippen molar-refractivity contribution in [1.82, 2.24) is 4.90 Å². The fourth-order valence-electron chi connectivity index (χ4n) is 2.41. The van der Waals surface area contributed by atoms with E-state index in [9.17, 15) is 14.4 Å². The molecule has 0 spiro atoms. The van der Waals surface area contributed by atoms with Gasteiger partial charge in [-0.1, -0.05) is 12.1 Å². The lowest BCUT2D eigenvalue weighted by atomic mass is 10.1. The van der Waals surface area contributed by atoms with Crippen molar-refractivity contribution in [3.63, 3.8) is 0 Å². The molecule has 7 heteroatoms. The van der Waals surface area contributed by atoms with Crippen molar-refractivity contribution in [3.05, 3.63) is 41.5 Å². The van der Waals surface area contributed by atoms with Crippen LogP contribution in [-0.2, 0) is 19.1 Å². The topological polar surface area (TPSA) is 98.9 Å². The fourth-order valence-corrected chi connectivity index (χ4v) is 2.41. The molecule has 1 aromatic rings. The summed E-state index contributed by atoms with van der Waals surface area (Å²) in [5.41, 5.74) is 6.36. The number of hydrogen-bond acceptors (Lipinski definition) is 5. The maximum absolute atomic E-state index is 12.4. The summed E-state index contributed by atoms with van der Waals surface area (Å²) >= 11 is 0. The quantitative estimate of drug-likeness (QED) is 0.628. The van der Waals surface area contributed by atoms with Gasteiger partial charge in [0.05, 0.1) is 32.8 Å². The van der Waals surface area contributed by atoms with Gasteiger partial charge < -0.3 is 20.1 Å². The van der Waals surface area contributed by atoms with Crippen LogP contribution < -0.4 is 5.73 Å². The van der Waals surface area contributed by atoms with Crippen LogP contribution in [-0.4, -0.2) is 55.6 Å². The van der Waals surface area contributed by atoms with Gasteiger partial charge in [0.15, 0.2) is 0 Å². The van der Waals surface area contributed by atoms with Gasteiger partial charge in [0.2, 0.25) is 11.8 Å². The van der Waals surface area contributed by atoms with Crippen molar-refractivity contribution in [2.75, 3.05) is 26.9 Å². The van der Waals surface area contributed by atoms with Gasteiger partial charge in [0.1, 0.15) is 0 Å². The number of nitrogens with two attached hydrogens (primary N) is 1. The van der Waals surface area contributed by atoms with E-state index in [0.29, 0.717) is 25.3 Å². The maximum Gasteiger partial charge on any atom is 0.307 e. The smallest absolute Gasteiger partial charge is 0.307 e. The first-order valence-corrected chi connectivity index (χ1v) is 7.54. The van der Waals surface area contributed by atoms with Gasteiger partial charge in [-0.25, -0.2) is 0 Å². The van der Waals surface area contributed by atoms with Crippen LogP contribution in [0.2, 0.25) is 0 Å². The lowest BCUT2D eigenvalue weighted by Gasteiger charge is -2.34. The highest BCUT2D eigenvalue weighted by atomic mass is 16.5. The summed E-state index contributed by atoms with van der Waals surface area (Å²) in [6, 6.07) is 6.27. The molecule has 1 unspecified atom stereocenters. The molecule has 2 amide bonds. The average Bonchev–Trinajstić information content (AvgIpc) is 2.60. The summed E-state index contributed by atoms with van der Waals surface area (Å²) in [7, 11) is 1.31. The van der Waals surface area contributed by atoms with Crippen LogP contribution in [0.4, 0.5) is 0 Å². The minimum Gasteiger partial charge on any atom is -0.469 e. The van der Waals surface area contributed by atoms with E-state index < -0.39 is 5.91 Å². The molecule has 1 atom stereocenters. The molecule has 1 aliphatic rings. The Kier molecular flexibility index (Phi) is 6.08. The van der Waals surface area contributed by atoms with Crippen LogP contribution in [0.5, 0.6) is 0 Å². The number of morpholine rings is 1. The van der Waals surface area contributed by atoms with E-state index in [0.717, 1.165) is 5.56 Å². The highest BCUT2D eigenvalue weighted by Crippen LogP contribution is 2.13. The standard InChI is InChI=1S/C17H20N2O5/c1-23-16(21)10-14-11-24-9-8-19(14)15(20)7-4-12-2-5-13(6-3-12)17(18)22/h2-7,14H,8-11H2,1H3,(H2,18,22)/b7-4+. The molecule has 1 aromatic carbocycles. The molecule has 2 N–H and O–H groups in total. The molecular formula is C17H20N2O5. The van der Waals surface area contributed by atoms with Crippen molar-refractivity contribution in [2.45, 2.75) is 12.5 Å². The Morgan fingerprint density at radius 3 is 2.67 bits per heavy atom. The van der Waals surface area contributed by atoms with Gasteiger partial charge in [-0.3, -0.25) is 14.4 Å². The van der Waals surface area contributed by atoms with Crippen LogP contribution in [0.1, 0.15) is 22.3 Å². The molecule has 0 radical (unpaired) electrons. The number of amides is 2. The number of carbonyl (C=O) groups is 3. The number of esters is 1. The van der Waals surface area contributed by atoms with Gasteiger partial charge in [-0.2, -0.15) is 0 Å². The van der Waals surface area contributed by atoms with E-state index in [1.807, 2.05) is 0 Å². The third-order valence-electron chi connectivity index (χ3n) is 3.75. The SMILES string of the molecule is COC(=O)CC1COCCN1C(=O)/C=C/c1ccc(C(N)=O)cc1. The summed E-state index contributed by atoms with van der Waals surface area (Å²) in [5.74, 6) is -1.08. The number of rotatable bonds is 5. The second-order valence-corrected chi connectivity index (χ2v) is 5.36. The van der Waals surface area contributed by atoms with Crippen molar-refractivity contribution < 1.29 is 23.9 Å². The molecule has 1 aliphatic heterocycles. The van der Waals surface area contributed by atoms with E-state index in [1.54, 1.807) is 35.2 Å². The van der Waals surface area contributed by atoms with Crippen LogP contribution in [0.25, 0.3) is 6.08 Å². The molecule has 1 heterocycles. The lowest BCUT2D eigenvalue weighted by molar-refractivity contribution is -0.146. The minimum atomic E-state index is -0.499. The molecule has 7 nitrogen and oxygen atoms in total. The summed E-state index contributed by atoms with van der Waals surface area (Å²) in [6.45, 7) is 1.16. The number of ether oxygens (including phenoxy) is 2. The van der Waals surface area contributed by atoms with Gasteiger partial charge in [-0.15, -0.1) is 0 Å². The minimum absolute atomic E-state index is 0.101. The zero-order chi connectivity index (χ0) is 17.5. The maximum atomic E-state index is 12.4. The first-order chi connectivity index (χ1) is 11.5. The van der Waals surface area contributed by atoms with Crippen molar-refractivity contribution in [1.29, 1.82) is 0 Å². The number of nitrogens with zero attached hydrogens (tertiary/aromatic N) is 1. The molecule has 0 aromatic heterocycles. The van der Waals surface area contributed by atoms with E-state index in [2.05, 4.69) is 4.74 Å². The Morgan fingerprint density at radius 2 is 2.04 bits per heavy atom. The zero-order valence-corrected chi connectivity index (χ0v) is 13.4. The Balaban J connectivity index is 2.03. The Bertz CT molecular complexity index is 639. The second-order valence-electron chi connectivity index (χ2n) is 5.36. The summed E-state index contributed by atoms with van der Waals surface area (Å²) in [5, 5.41) is 0. The highest BCUT2D eigenvalue weighted by Gasteiger charge is 2.28. The summed E-state index contributed by atoms with van der Waals surface area (Å²) in [6.07, 6.45) is 3.19. The summed E-state index contributed by atoms with van der Waals surface area (Å²) < 4.78 is 9.99. The van der Waals surface area contributed by atoms with Crippen molar-refractivity contribution in [2.24, 2.45) is 5.73 Å². The first kappa shape index (κ1) is 17.7. The van der Waals surface area contributed by atoms with Crippen LogP contribution in [0, 0.1) is 0 Å². The molecule has 0 saturated carbocycles. The third-order valence-corrected chi connectivity index (χ3v) is 3.75. The van der Waals surface area contributed by atoms with Gasteiger partial charge in [-0.05, 0) is 23.8 Å². The lowest BCUT2D eigenvalue weighted by Crippen LogP contribution is -2.49. The number of primary amides is 1. The molecule has 128 valence electrons. The molecule has 2 rings (SSSR count). The monoisotopic (exact) mass is 332 g/mol. The predicted octanol–water partition coefficient (Wildman–Crippen LogP) is 0.589. The average molecular weight is 332 g/mol. The van der Waals surface area contributed by atoms with E-state index >= 15 is 0 Å². The molecule has 24 heavy (non-hydrogen) atoms. The van der Waals surface area contributed by atoms with Crippen molar-refractivity contribution in [3.8, 4) is 0 Å². The summed E-state index contributed by atoms with van der Waals surface area (Å²) in [4.78, 5) is 36.5. The van der Waals surface area contributed by atoms with Crippen LogP contribution >= 0.6 is 0 Å². The van der Waals surface area contributed by atoms with Crippen molar-refractivity contribution >= 4 is 23.9 Å².